The number of amides is 1. The number of benzene rings is 2. The first-order valence-corrected chi connectivity index (χ1v) is 8.85. The van der Waals surface area contributed by atoms with Crippen molar-refractivity contribution in [3.05, 3.63) is 68.0 Å². The van der Waals surface area contributed by atoms with Crippen LogP contribution in [0.3, 0.4) is 0 Å². The van der Waals surface area contributed by atoms with Crippen LogP contribution in [-0.2, 0) is 17.8 Å². The number of carbonyl (C=O) groups is 1. The van der Waals surface area contributed by atoms with Gasteiger partial charge in [0.15, 0.2) is 0 Å². The largest absolute Gasteiger partial charge is 0.351 e. The number of fused-ring (bicyclic) bond motifs is 1. The summed E-state index contributed by atoms with van der Waals surface area (Å²) in [5, 5.41) is 5.71. The van der Waals surface area contributed by atoms with E-state index in [2.05, 4.69) is 11.4 Å². The molecule has 1 N–H and O–H groups in total. The summed E-state index contributed by atoms with van der Waals surface area (Å²) in [6, 6.07) is 13.1. The lowest BCUT2D eigenvalue weighted by Crippen LogP contribution is -2.24. The van der Waals surface area contributed by atoms with Gasteiger partial charge in [-0.1, -0.05) is 46.9 Å². The van der Waals surface area contributed by atoms with E-state index >= 15 is 0 Å². The Kier molecular flexibility index (Phi) is 5.12. The summed E-state index contributed by atoms with van der Waals surface area (Å²) in [4.78, 5) is 13.1. The van der Waals surface area contributed by atoms with Crippen LogP contribution in [0.1, 0.15) is 10.4 Å². The summed E-state index contributed by atoms with van der Waals surface area (Å²) in [5.74, 6) is -0.0566. The maximum Gasteiger partial charge on any atom is 0.224 e. The molecule has 2 aromatic carbocycles. The highest BCUT2D eigenvalue weighted by Crippen LogP contribution is 2.28. The Hall–Kier alpha value is -1.26. The van der Waals surface area contributed by atoms with Crippen molar-refractivity contribution in [2.75, 3.05) is 0 Å². The zero-order valence-corrected chi connectivity index (χ0v) is 15.0. The van der Waals surface area contributed by atoms with Crippen LogP contribution in [0.2, 0.25) is 15.1 Å². The summed E-state index contributed by atoms with van der Waals surface area (Å²) in [5.41, 5.74) is 0.833. The van der Waals surface area contributed by atoms with Gasteiger partial charge in [-0.15, -0.1) is 11.3 Å². The highest BCUT2D eigenvalue weighted by molar-refractivity contribution is 7.19. The first-order valence-electron chi connectivity index (χ1n) is 6.90. The van der Waals surface area contributed by atoms with Crippen LogP contribution in [0.4, 0.5) is 0 Å². The molecule has 118 valence electrons. The molecule has 3 aromatic rings. The molecule has 0 atom stereocenters. The number of hydrogen-bond donors (Lipinski definition) is 1. The summed E-state index contributed by atoms with van der Waals surface area (Å²) < 4.78 is 1.12. The first-order chi connectivity index (χ1) is 11.0. The fraction of sp³-hybridized carbons (Fsp3) is 0.118. The third kappa shape index (κ3) is 4.18. The van der Waals surface area contributed by atoms with Gasteiger partial charge in [-0.3, -0.25) is 4.79 Å². The Labute approximate surface area is 153 Å². The van der Waals surface area contributed by atoms with E-state index in [1.54, 1.807) is 29.5 Å². The SMILES string of the molecule is O=C(Cc1ccc(Cl)c(Cl)c1)NCc1cc2ccc(Cl)cc2s1. The number of halogens is 3. The van der Waals surface area contributed by atoms with Crippen molar-refractivity contribution in [2.45, 2.75) is 13.0 Å². The number of thiophene rings is 1. The lowest BCUT2D eigenvalue weighted by atomic mass is 10.1. The zero-order chi connectivity index (χ0) is 16.4. The number of rotatable bonds is 4. The van der Waals surface area contributed by atoms with E-state index < -0.39 is 0 Å². The Morgan fingerprint density at radius 3 is 2.61 bits per heavy atom. The van der Waals surface area contributed by atoms with Gasteiger partial charge in [0.1, 0.15) is 0 Å². The minimum Gasteiger partial charge on any atom is -0.351 e. The molecule has 0 radical (unpaired) electrons. The van der Waals surface area contributed by atoms with Crippen LogP contribution < -0.4 is 5.32 Å². The summed E-state index contributed by atoms with van der Waals surface area (Å²) in [6.07, 6.45) is 0.271. The number of carbonyl (C=O) groups excluding carboxylic acids is 1. The molecule has 2 nitrogen and oxygen atoms in total. The van der Waals surface area contributed by atoms with Crippen molar-refractivity contribution in [3.8, 4) is 0 Å². The van der Waals surface area contributed by atoms with E-state index in [9.17, 15) is 4.79 Å². The molecule has 1 heterocycles. The van der Waals surface area contributed by atoms with Crippen LogP contribution in [0.5, 0.6) is 0 Å². The van der Waals surface area contributed by atoms with E-state index in [0.717, 1.165) is 25.5 Å². The average molecular weight is 385 g/mol. The molecule has 6 heteroatoms. The van der Waals surface area contributed by atoms with Gasteiger partial charge >= 0.3 is 0 Å². The van der Waals surface area contributed by atoms with Crippen molar-refractivity contribution in [1.82, 2.24) is 5.32 Å². The molecule has 0 saturated heterocycles. The molecule has 0 aliphatic carbocycles. The van der Waals surface area contributed by atoms with Gasteiger partial charge in [0.05, 0.1) is 23.0 Å². The maximum atomic E-state index is 12.0. The van der Waals surface area contributed by atoms with Crippen molar-refractivity contribution < 1.29 is 4.79 Å². The molecular weight excluding hydrogens is 373 g/mol. The third-order valence-electron chi connectivity index (χ3n) is 3.34. The molecule has 0 aliphatic heterocycles. The molecule has 23 heavy (non-hydrogen) atoms. The third-order valence-corrected chi connectivity index (χ3v) is 5.41. The van der Waals surface area contributed by atoms with Gasteiger partial charge in [0.25, 0.3) is 0 Å². The molecule has 0 fully saturated rings. The second-order valence-corrected chi connectivity index (χ2v) is 7.52. The van der Waals surface area contributed by atoms with Crippen molar-refractivity contribution in [1.29, 1.82) is 0 Å². The minimum absolute atomic E-state index is 0.0566. The summed E-state index contributed by atoms with van der Waals surface area (Å²) in [7, 11) is 0. The average Bonchev–Trinajstić information content (AvgIpc) is 2.91. The monoisotopic (exact) mass is 383 g/mol. The molecule has 0 unspecified atom stereocenters. The fourth-order valence-corrected chi connectivity index (χ4v) is 3.83. The lowest BCUT2D eigenvalue weighted by Gasteiger charge is -2.05. The Morgan fingerprint density at radius 1 is 1.00 bits per heavy atom. The van der Waals surface area contributed by atoms with Gasteiger partial charge in [-0.05, 0) is 41.3 Å². The normalized spacial score (nSPS) is 10.9. The number of hydrogen-bond acceptors (Lipinski definition) is 2. The predicted molar refractivity (Wildman–Crippen MR) is 98.8 cm³/mol. The van der Waals surface area contributed by atoms with E-state index in [-0.39, 0.29) is 12.3 Å². The van der Waals surface area contributed by atoms with Crippen molar-refractivity contribution in [3.63, 3.8) is 0 Å². The van der Waals surface area contributed by atoms with Crippen LogP contribution in [0.15, 0.2) is 42.5 Å². The molecule has 1 amide bonds. The fourth-order valence-electron chi connectivity index (χ4n) is 2.23. The van der Waals surface area contributed by atoms with Crippen molar-refractivity contribution in [2.24, 2.45) is 0 Å². The topological polar surface area (TPSA) is 29.1 Å². The van der Waals surface area contributed by atoms with Gasteiger partial charge in [-0.2, -0.15) is 0 Å². The first kappa shape index (κ1) is 16.6. The molecule has 0 aliphatic rings. The Bertz CT molecular complexity index is 875. The molecule has 0 bridgehead atoms. The smallest absolute Gasteiger partial charge is 0.224 e. The van der Waals surface area contributed by atoms with Crippen LogP contribution >= 0.6 is 46.1 Å². The second kappa shape index (κ2) is 7.10. The second-order valence-electron chi connectivity index (χ2n) is 5.10. The molecular formula is C17H12Cl3NOS. The van der Waals surface area contributed by atoms with E-state index in [4.69, 9.17) is 34.8 Å². The Balaban J connectivity index is 1.62. The predicted octanol–water partition coefficient (Wildman–Crippen LogP) is 5.72. The van der Waals surface area contributed by atoms with Gasteiger partial charge in [0.2, 0.25) is 5.91 Å². The van der Waals surface area contributed by atoms with E-state index in [0.29, 0.717) is 16.6 Å². The lowest BCUT2D eigenvalue weighted by molar-refractivity contribution is -0.120. The quantitative estimate of drug-likeness (QED) is 0.612. The van der Waals surface area contributed by atoms with Crippen molar-refractivity contribution >= 4 is 62.1 Å². The number of nitrogens with one attached hydrogen (secondary N) is 1. The Morgan fingerprint density at radius 2 is 1.83 bits per heavy atom. The summed E-state index contributed by atoms with van der Waals surface area (Å²) >= 11 is 19.4. The van der Waals surface area contributed by atoms with E-state index in [1.165, 1.54) is 0 Å². The van der Waals surface area contributed by atoms with Gasteiger partial charge < -0.3 is 5.32 Å². The van der Waals surface area contributed by atoms with Crippen LogP contribution in [-0.4, -0.2) is 5.91 Å². The van der Waals surface area contributed by atoms with Gasteiger partial charge in [0, 0.05) is 14.6 Å². The molecule has 3 rings (SSSR count). The maximum absolute atomic E-state index is 12.0. The minimum atomic E-state index is -0.0566. The van der Waals surface area contributed by atoms with E-state index in [1.807, 2.05) is 18.2 Å². The molecule has 0 saturated carbocycles. The van der Waals surface area contributed by atoms with Crippen LogP contribution in [0, 0.1) is 0 Å². The summed E-state index contributed by atoms with van der Waals surface area (Å²) in [6.45, 7) is 0.497. The molecule has 0 spiro atoms. The molecule has 1 aromatic heterocycles. The standard InChI is InChI=1S/C17H12Cl3NOS/c18-12-3-2-11-7-13(23-16(11)8-12)9-21-17(22)6-10-1-4-14(19)15(20)5-10/h1-5,7-8H,6,9H2,(H,21,22). The van der Waals surface area contributed by atoms with Crippen LogP contribution in [0.25, 0.3) is 10.1 Å². The highest BCUT2D eigenvalue weighted by Gasteiger charge is 2.07. The van der Waals surface area contributed by atoms with Gasteiger partial charge in [-0.25, -0.2) is 0 Å². The highest BCUT2D eigenvalue weighted by atomic mass is 35.5. The zero-order valence-electron chi connectivity index (χ0n) is 11.9.